The van der Waals surface area contributed by atoms with E-state index >= 15 is 0 Å². The number of hydrogen-bond donors (Lipinski definition) is 2. The van der Waals surface area contributed by atoms with Crippen LogP contribution in [0.25, 0.3) is 0 Å². The Hall–Kier alpha value is -3.33. The third kappa shape index (κ3) is 4.32. The van der Waals surface area contributed by atoms with Crippen LogP contribution in [-0.4, -0.2) is 17.6 Å². The molecule has 0 saturated heterocycles. The van der Waals surface area contributed by atoms with Crippen LogP contribution in [0.5, 0.6) is 0 Å². The smallest absolute Gasteiger partial charge is 0.220 e. The molecule has 1 atom stereocenters. The molecule has 0 aromatic heterocycles. The summed E-state index contributed by atoms with van der Waals surface area (Å²) in [6.45, 7) is 3.86. The molecule has 0 saturated carbocycles. The molecule has 4 N–H and O–H groups in total. The number of nitrogens with zero attached hydrogens (tertiary/aromatic N) is 4. The van der Waals surface area contributed by atoms with Crippen molar-refractivity contribution in [2.24, 2.45) is 21.5 Å². The first kappa shape index (κ1) is 19.4. The molecule has 2 aromatic rings. The lowest BCUT2D eigenvalue weighted by Gasteiger charge is -2.38. The van der Waals surface area contributed by atoms with Crippen molar-refractivity contribution in [1.29, 1.82) is 5.26 Å². The fraction of sp³-hybridized carbons (Fsp3) is 0.318. The van der Waals surface area contributed by atoms with E-state index in [-0.39, 0.29) is 11.9 Å². The first-order valence-electron chi connectivity index (χ1n) is 9.44. The number of rotatable bonds is 6. The minimum atomic E-state index is -0.623. The minimum Gasteiger partial charge on any atom is -0.369 e. The predicted molar refractivity (Wildman–Crippen MR) is 114 cm³/mol. The zero-order valence-electron chi connectivity index (χ0n) is 16.3. The lowest BCUT2D eigenvalue weighted by atomic mass is 9.93. The molecule has 0 spiro atoms. The summed E-state index contributed by atoms with van der Waals surface area (Å²) >= 11 is 0. The van der Waals surface area contributed by atoms with Gasteiger partial charge >= 0.3 is 0 Å². The molecule has 144 valence electrons. The highest BCUT2D eigenvalue weighted by Gasteiger charge is 2.32. The fourth-order valence-corrected chi connectivity index (χ4v) is 3.57. The molecular weight excluding hydrogens is 348 g/mol. The Balaban J connectivity index is 1.69. The predicted octanol–water partition coefficient (Wildman–Crippen LogP) is 3.50. The second-order valence-corrected chi connectivity index (χ2v) is 7.42. The van der Waals surface area contributed by atoms with Crippen LogP contribution >= 0.6 is 0 Å². The second-order valence-electron chi connectivity index (χ2n) is 7.42. The first-order valence-corrected chi connectivity index (χ1v) is 9.44. The standard InChI is InChI=1S/C22H26N6/c1-22(2)27-20(24)26-21(25)28(22)19-13-11-17(12-14-19)18(15-23)10-6-9-16-7-4-3-5-8-16/h3-5,7-8,11-14,18H,6,9-10H2,1-2H3,(H4,24,25,26,27)/t18-/m0/s1. The van der Waals surface area contributed by atoms with Crippen molar-refractivity contribution in [3.05, 3.63) is 65.7 Å². The van der Waals surface area contributed by atoms with Crippen molar-refractivity contribution < 1.29 is 0 Å². The van der Waals surface area contributed by atoms with Gasteiger partial charge in [0.25, 0.3) is 0 Å². The Labute approximate surface area is 166 Å². The van der Waals surface area contributed by atoms with Crippen LogP contribution < -0.4 is 16.4 Å². The van der Waals surface area contributed by atoms with E-state index in [1.54, 1.807) is 0 Å². The van der Waals surface area contributed by atoms with E-state index in [1.807, 2.05) is 61.2 Å². The third-order valence-corrected chi connectivity index (χ3v) is 4.90. The molecule has 28 heavy (non-hydrogen) atoms. The molecule has 0 bridgehead atoms. The number of hydrogen-bond acceptors (Lipinski definition) is 6. The van der Waals surface area contributed by atoms with E-state index < -0.39 is 5.66 Å². The maximum atomic E-state index is 9.62. The largest absolute Gasteiger partial charge is 0.369 e. The van der Waals surface area contributed by atoms with Gasteiger partial charge in [0, 0.05) is 5.69 Å². The highest BCUT2D eigenvalue weighted by molar-refractivity contribution is 6.05. The zero-order chi connectivity index (χ0) is 20.1. The number of benzene rings is 2. The first-order chi connectivity index (χ1) is 13.4. The molecule has 0 unspecified atom stereocenters. The van der Waals surface area contributed by atoms with Crippen LogP contribution in [0.4, 0.5) is 5.69 Å². The summed E-state index contributed by atoms with van der Waals surface area (Å²) in [7, 11) is 0. The minimum absolute atomic E-state index is 0.133. The van der Waals surface area contributed by atoms with Gasteiger partial charge in [-0.3, -0.25) is 4.90 Å². The number of guanidine groups is 2. The summed E-state index contributed by atoms with van der Waals surface area (Å²) in [5.41, 5.74) is 14.4. The molecule has 0 radical (unpaired) electrons. The van der Waals surface area contributed by atoms with Gasteiger partial charge in [0.1, 0.15) is 5.66 Å². The van der Waals surface area contributed by atoms with Crippen LogP contribution in [0.3, 0.4) is 0 Å². The molecular formula is C22H26N6. The maximum absolute atomic E-state index is 9.62. The normalized spacial score (nSPS) is 16.7. The van der Waals surface area contributed by atoms with Gasteiger partial charge in [-0.05, 0) is 56.4 Å². The lowest BCUT2D eigenvalue weighted by molar-refractivity contribution is 0.534. The van der Waals surface area contributed by atoms with E-state index in [2.05, 4.69) is 28.2 Å². The highest BCUT2D eigenvalue weighted by atomic mass is 15.4. The summed E-state index contributed by atoms with van der Waals surface area (Å²) in [4.78, 5) is 10.3. The molecule has 1 aliphatic heterocycles. The van der Waals surface area contributed by atoms with Gasteiger partial charge in [-0.2, -0.15) is 10.3 Å². The number of nitriles is 1. The third-order valence-electron chi connectivity index (χ3n) is 4.90. The van der Waals surface area contributed by atoms with Crippen molar-refractivity contribution >= 4 is 17.6 Å². The summed E-state index contributed by atoms with van der Waals surface area (Å²) in [6.07, 6.45) is 2.77. The second kappa shape index (κ2) is 8.13. The van der Waals surface area contributed by atoms with Gasteiger partial charge in [0.05, 0.1) is 12.0 Å². The molecule has 0 fully saturated rings. The summed E-state index contributed by atoms with van der Waals surface area (Å²) in [6, 6.07) is 20.7. The monoisotopic (exact) mass is 374 g/mol. The average molecular weight is 374 g/mol. The highest BCUT2D eigenvalue weighted by Crippen LogP contribution is 2.30. The van der Waals surface area contributed by atoms with Gasteiger partial charge in [-0.15, -0.1) is 0 Å². The van der Waals surface area contributed by atoms with Gasteiger partial charge in [-0.25, -0.2) is 4.99 Å². The van der Waals surface area contributed by atoms with E-state index in [0.717, 1.165) is 30.5 Å². The topological polar surface area (TPSA) is 104 Å². The quantitative estimate of drug-likeness (QED) is 0.807. The van der Waals surface area contributed by atoms with Crippen LogP contribution in [0.2, 0.25) is 0 Å². The number of anilines is 1. The van der Waals surface area contributed by atoms with Crippen molar-refractivity contribution in [3.8, 4) is 6.07 Å². The van der Waals surface area contributed by atoms with Gasteiger partial charge in [0.15, 0.2) is 0 Å². The maximum Gasteiger partial charge on any atom is 0.220 e. The van der Waals surface area contributed by atoms with Crippen molar-refractivity contribution in [2.75, 3.05) is 4.90 Å². The molecule has 2 aromatic carbocycles. The Kier molecular flexibility index (Phi) is 5.65. The van der Waals surface area contributed by atoms with E-state index in [0.29, 0.717) is 5.96 Å². The number of aliphatic imine (C=N–C) groups is 2. The molecule has 6 heteroatoms. The Morgan fingerprint density at radius 3 is 2.36 bits per heavy atom. The van der Waals surface area contributed by atoms with E-state index in [1.165, 1.54) is 5.56 Å². The molecule has 3 rings (SSSR count). The summed E-state index contributed by atoms with van der Waals surface area (Å²) < 4.78 is 0. The zero-order valence-corrected chi connectivity index (χ0v) is 16.3. The molecule has 6 nitrogen and oxygen atoms in total. The van der Waals surface area contributed by atoms with Gasteiger partial charge in [0.2, 0.25) is 11.9 Å². The van der Waals surface area contributed by atoms with Gasteiger partial charge < -0.3 is 11.5 Å². The van der Waals surface area contributed by atoms with Crippen LogP contribution in [0.15, 0.2) is 64.6 Å². The number of nitrogens with two attached hydrogens (primary N) is 2. The summed E-state index contributed by atoms with van der Waals surface area (Å²) in [5.74, 6) is 0.357. The van der Waals surface area contributed by atoms with E-state index in [4.69, 9.17) is 11.5 Å². The Morgan fingerprint density at radius 2 is 1.75 bits per heavy atom. The van der Waals surface area contributed by atoms with Gasteiger partial charge in [-0.1, -0.05) is 42.5 Å². The SMILES string of the molecule is CC1(C)N=C(N)N=C(N)N1c1ccc([C@H](C#N)CCCc2ccccc2)cc1. The Bertz CT molecular complexity index is 906. The van der Waals surface area contributed by atoms with E-state index in [9.17, 15) is 5.26 Å². The molecule has 0 amide bonds. The Morgan fingerprint density at radius 1 is 1.07 bits per heavy atom. The number of aryl methyl sites for hydroxylation is 1. The average Bonchev–Trinajstić information content (AvgIpc) is 2.65. The van der Waals surface area contributed by atoms with Crippen molar-refractivity contribution in [2.45, 2.75) is 44.7 Å². The molecule has 1 aliphatic rings. The van der Waals surface area contributed by atoms with Crippen LogP contribution in [0, 0.1) is 11.3 Å². The molecule has 0 aliphatic carbocycles. The lowest BCUT2D eigenvalue weighted by Crippen LogP contribution is -2.54. The summed E-state index contributed by atoms with van der Waals surface area (Å²) in [5, 5.41) is 9.62. The molecule has 1 heterocycles. The fourth-order valence-electron chi connectivity index (χ4n) is 3.57. The van der Waals surface area contributed by atoms with Crippen LogP contribution in [0.1, 0.15) is 43.7 Å². The van der Waals surface area contributed by atoms with Crippen LogP contribution in [-0.2, 0) is 6.42 Å². The van der Waals surface area contributed by atoms with Crippen molar-refractivity contribution in [3.63, 3.8) is 0 Å². The van der Waals surface area contributed by atoms with Crippen molar-refractivity contribution in [1.82, 2.24) is 0 Å².